The Morgan fingerprint density at radius 1 is 1.30 bits per heavy atom. The van der Waals surface area contributed by atoms with E-state index in [0.29, 0.717) is 24.7 Å². The average molecular weight is 144 g/mol. The molecule has 0 amide bonds. The molecule has 1 aliphatic rings. The molecule has 0 aromatic heterocycles. The highest BCUT2D eigenvalue weighted by atomic mass is 16.5. The lowest BCUT2D eigenvalue weighted by Crippen LogP contribution is -2.30. The Bertz CT molecular complexity index is 93.4. The molecule has 3 atom stereocenters. The summed E-state index contributed by atoms with van der Waals surface area (Å²) in [5, 5.41) is 8.87. The lowest BCUT2D eigenvalue weighted by Gasteiger charge is -2.30. The fraction of sp³-hybridized carbons (Fsp3) is 1.00. The Morgan fingerprint density at radius 3 is 2.20 bits per heavy atom. The Balaban J connectivity index is 2.35. The molecule has 0 bridgehead atoms. The average Bonchev–Trinajstić information content (AvgIpc) is 1.85. The van der Waals surface area contributed by atoms with Crippen LogP contribution in [0, 0.1) is 5.92 Å². The highest BCUT2D eigenvalue weighted by Crippen LogP contribution is 2.23. The fourth-order valence-corrected chi connectivity index (χ4v) is 1.69. The molecule has 1 unspecified atom stereocenters. The highest BCUT2D eigenvalue weighted by molar-refractivity contribution is 4.72. The number of aliphatic hydroxyl groups excluding tert-OH is 1. The molecule has 0 aromatic carbocycles. The molecule has 2 nitrogen and oxygen atoms in total. The second-order valence-electron chi connectivity index (χ2n) is 3.28. The van der Waals surface area contributed by atoms with Gasteiger partial charge in [0.05, 0.1) is 12.2 Å². The summed E-state index contributed by atoms with van der Waals surface area (Å²) in [5.41, 5.74) is 0. The first kappa shape index (κ1) is 8.02. The molecule has 1 rings (SSSR count). The maximum absolute atomic E-state index is 8.87. The van der Waals surface area contributed by atoms with Crippen molar-refractivity contribution in [2.24, 2.45) is 5.92 Å². The normalized spacial score (nSPS) is 41.7. The molecule has 2 heteroatoms. The van der Waals surface area contributed by atoms with Gasteiger partial charge in [0, 0.05) is 6.61 Å². The Kier molecular flexibility index (Phi) is 2.69. The van der Waals surface area contributed by atoms with Gasteiger partial charge in [0.15, 0.2) is 0 Å². The summed E-state index contributed by atoms with van der Waals surface area (Å²) in [5.74, 6) is 0.471. The van der Waals surface area contributed by atoms with Crippen LogP contribution in [0.2, 0.25) is 0 Å². The van der Waals surface area contributed by atoms with Crippen LogP contribution in [0.4, 0.5) is 0 Å². The topological polar surface area (TPSA) is 29.5 Å². The van der Waals surface area contributed by atoms with E-state index in [1.165, 1.54) is 0 Å². The van der Waals surface area contributed by atoms with E-state index in [0.717, 1.165) is 12.8 Å². The smallest absolute Gasteiger partial charge is 0.0554 e. The third-order valence-electron chi connectivity index (χ3n) is 2.05. The van der Waals surface area contributed by atoms with Crippen LogP contribution in [0.15, 0.2) is 0 Å². The minimum absolute atomic E-state index is 0.318. The van der Waals surface area contributed by atoms with Gasteiger partial charge < -0.3 is 9.84 Å². The van der Waals surface area contributed by atoms with Crippen molar-refractivity contribution in [2.45, 2.75) is 38.9 Å². The monoisotopic (exact) mass is 144 g/mol. The van der Waals surface area contributed by atoms with Crippen LogP contribution < -0.4 is 0 Å². The summed E-state index contributed by atoms with van der Waals surface area (Å²) in [6.45, 7) is 4.45. The van der Waals surface area contributed by atoms with Gasteiger partial charge in [0.25, 0.3) is 0 Å². The van der Waals surface area contributed by atoms with Crippen molar-refractivity contribution in [3.05, 3.63) is 0 Å². The second-order valence-corrected chi connectivity index (χ2v) is 3.28. The van der Waals surface area contributed by atoms with Crippen molar-refractivity contribution in [3.63, 3.8) is 0 Å². The van der Waals surface area contributed by atoms with Crippen molar-refractivity contribution < 1.29 is 9.84 Å². The first-order valence-corrected chi connectivity index (χ1v) is 3.98. The van der Waals surface area contributed by atoms with Gasteiger partial charge in [-0.3, -0.25) is 0 Å². The van der Waals surface area contributed by atoms with Crippen molar-refractivity contribution in [1.82, 2.24) is 0 Å². The van der Waals surface area contributed by atoms with E-state index in [4.69, 9.17) is 9.84 Å². The van der Waals surface area contributed by atoms with E-state index in [1.54, 1.807) is 0 Å². The van der Waals surface area contributed by atoms with E-state index in [1.807, 2.05) is 0 Å². The first-order chi connectivity index (χ1) is 4.72. The molecule has 0 spiro atoms. The lowest BCUT2D eigenvalue weighted by atomic mass is 9.94. The molecular weight excluding hydrogens is 128 g/mol. The largest absolute Gasteiger partial charge is 0.396 e. The predicted octanol–water partition coefficient (Wildman–Crippen LogP) is 1.18. The number of hydrogen-bond acceptors (Lipinski definition) is 2. The standard InChI is InChI=1S/C8H16O2/c1-6-3-8(5-9)4-7(2)10-6/h6-9H,3-5H2,1-2H3/t6-,7+,8?. The van der Waals surface area contributed by atoms with E-state index in [-0.39, 0.29) is 0 Å². The summed E-state index contributed by atoms with van der Waals surface area (Å²) < 4.78 is 5.51. The Morgan fingerprint density at radius 2 is 1.80 bits per heavy atom. The molecule has 0 saturated carbocycles. The maximum atomic E-state index is 8.87. The third-order valence-corrected chi connectivity index (χ3v) is 2.05. The van der Waals surface area contributed by atoms with Crippen LogP contribution in [0.25, 0.3) is 0 Å². The zero-order valence-electron chi connectivity index (χ0n) is 6.71. The van der Waals surface area contributed by atoms with Crippen LogP contribution in [0.3, 0.4) is 0 Å². The molecule has 1 fully saturated rings. The minimum atomic E-state index is 0.318. The predicted molar refractivity (Wildman–Crippen MR) is 39.8 cm³/mol. The third kappa shape index (κ3) is 1.96. The van der Waals surface area contributed by atoms with Crippen LogP contribution in [0.1, 0.15) is 26.7 Å². The lowest BCUT2D eigenvalue weighted by molar-refractivity contribution is -0.0612. The summed E-state index contributed by atoms with van der Waals surface area (Å²) in [6, 6.07) is 0. The zero-order valence-corrected chi connectivity index (χ0v) is 6.71. The van der Waals surface area contributed by atoms with Gasteiger partial charge in [-0.05, 0) is 32.6 Å². The van der Waals surface area contributed by atoms with Gasteiger partial charge in [0.1, 0.15) is 0 Å². The molecular formula is C8H16O2. The zero-order chi connectivity index (χ0) is 7.56. The summed E-state index contributed by atoms with van der Waals surface area (Å²) in [7, 11) is 0. The minimum Gasteiger partial charge on any atom is -0.396 e. The molecule has 1 saturated heterocycles. The summed E-state index contributed by atoms with van der Waals surface area (Å²) in [6.07, 6.45) is 2.70. The van der Waals surface area contributed by atoms with Crippen LogP contribution in [0.5, 0.6) is 0 Å². The van der Waals surface area contributed by atoms with Crippen LogP contribution >= 0.6 is 0 Å². The van der Waals surface area contributed by atoms with E-state index < -0.39 is 0 Å². The Labute approximate surface area is 62.2 Å². The molecule has 0 aromatic rings. The molecule has 60 valence electrons. The molecule has 1 aliphatic heterocycles. The SMILES string of the molecule is C[C@@H]1CC(CO)C[C@H](C)O1. The number of hydrogen-bond donors (Lipinski definition) is 1. The van der Waals surface area contributed by atoms with Gasteiger partial charge in [-0.15, -0.1) is 0 Å². The van der Waals surface area contributed by atoms with Gasteiger partial charge >= 0.3 is 0 Å². The molecule has 1 N–H and O–H groups in total. The second kappa shape index (κ2) is 3.35. The maximum Gasteiger partial charge on any atom is 0.0554 e. The fourth-order valence-electron chi connectivity index (χ4n) is 1.69. The van der Waals surface area contributed by atoms with E-state index in [9.17, 15) is 0 Å². The molecule has 0 radical (unpaired) electrons. The highest BCUT2D eigenvalue weighted by Gasteiger charge is 2.23. The van der Waals surface area contributed by atoms with Crippen LogP contribution in [-0.2, 0) is 4.74 Å². The number of ether oxygens (including phenoxy) is 1. The molecule has 10 heavy (non-hydrogen) atoms. The molecule has 0 aliphatic carbocycles. The van der Waals surface area contributed by atoms with Gasteiger partial charge in [-0.2, -0.15) is 0 Å². The Hall–Kier alpha value is -0.0800. The van der Waals surface area contributed by atoms with Gasteiger partial charge in [-0.1, -0.05) is 0 Å². The van der Waals surface area contributed by atoms with Crippen LogP contribution in [-0.4, -0.2) is 23.9 Å². The van der Waals surface area contributed by atoms with Crippen molar-refractivity contribution in [2.75, 3.05) is 6.61 Å². The van der Waals surface area contributed by atoms with Crippen molar-refractivity contribution in [3.8, 4) is 0 Å². The number of aliphatic hydroxyl groups is 1. The van der Waals surface area contributed by atoms with Crippen molar-refractivity contribution >= 4 is 0 Å². The van der Waals surface area contributed by atoms with E-state index in [2.05, 4.69) is 13.8 Å². The quantitative estimate of drug-likeness (QED) is 0.599. The first-order valence-electron chi connectivity index (χ1n) is 3.98. The molecule has 1 heterocycles. The number of rotatable bonds is 1. The van der Waals surface area contributed by atoms with Gasteiger partial charge in [-0.25, -0.2) is 0 Å². The summed E-state index contributed by atoms with van der Waals surface area (Å²) in [4.78, 5) is 0. The van der Waals surface area contributed by atoms with Crippen molar-refractivity contribution in [1.29, 1.82) is 0 Å². The van der Waals surface area contributed by atoms with E-state index >= 15 is 0 Å². The summed E-state index contributed by atoms with van der Waals surface area (Å²) >= 11 is 0. The van der Waals surface area contributed by atoms with Gasteiger partial charge in [0.2, 0.25) is 0 Å².